The van der Waals surface area contributed by atoms with Crippen molar-refractivity contribution in [3.05, 3.63) is 53.6 Å². The van der Waals surface area contributed by atoms with Crippen molar-refractivity contribution >= 4 is 56.5 Å². The van der Waals surface area contributed by atoms with E-state index < -0.39 is 0 Å². The summed E-state index contributed by atoms with van der Waals surface area (Å²) in [6.45, 7) is 6.85. The standard InChI is InChI=1S/C29H31N5O5S/c1-3-23(35)31-19-5-4-6-20(19)32-27(36)26-25-24-22(9-12-30-28(24)40-26)34(29(37)33-25)21-8-7-18(15-16(21)2)39-17-10-13-38-14-11-17/h3,7-9,12,15,17,19-20H,1,4-6,10-11,13-14H2,2H3,(H,31,35)(H,32,36)(H,33,37)/t19-,20+/m0/s1. The number of rotatable bonds is 7. The van der Waals surface area contributed by atoms with Crippen molar-refractivity contribution in [2.75, 3.05) is 23.4 Å². The Kier molecular flexibility index (Phi) is 7.16. The summed E-state index contributed by atoms with van der Waals surface area (Å²) in [6.07, 6.45) is 7.13. The number of hydrogen-bond donors (Lipinski definition) is 3. The van der Waals surface area contributed by atoms with E-state index in [0.717, 1.165) is 54.5 Å². The fourth-order valence-corrected chi connectivity index (χ4v) is 6.73. The number of carbonyl (C=O) groups excluding carboxylic acids is 3. The van der Waals surface area contributed by atoms with E-state index in [1.807, 2.05) is 25.1 Å². The molecule has 3 N–H and O–H groups in total. The monoisotopic (exact) mass is 561 g/mol. The molecule has 3 aromatic rings. The molecule has 0 unspecified atom stereocenters. The number of aromatic nitrogens is 1. The van der Waals surface area contributed by atoms with E-state index in [1.54, 1.807) is 17.2 Å². The van der Waals surface area contributed by atoms with Crippen molar-refractivity contribution < 1.29 is 23.9 Å². The SMILES string of the molecule is C=CC(=O)N[C@H]1CCC[C@H]1NC(=O)c1sc2nccc3c2c1NC(=O)N3c1ccc(OC2CCOCC2)cc1C. The molecule has 208 valence electrons. The number of pyridine rings is 1. The molecule has 0 spiro atoms. The Balaban J connectivity index is 1.28. The first-order valence-electron chi connectivity index (χ1n) is 13.5. The van der Waals surface area contributed by atoms with Gasteiger partial charge in [0.05, 0.1) is 35.7 Å². The molecule has 1 aromatic carbocycles. The van der Waals surface area contributed by atoms with Gasteiger partial charge in [0.1, 0.15) is 21.6 Å². The molecule has 11 heteroatoms. The van der Waals surface area contributed by atoms with Crippen LogP contribution in [0.2, 0.25) is 0 Å². The van der Waals surface area contributed by atoms with Crippen LogP contribution in [-0.4, -0.2) is 54.2 Å². The molecular weight excluding hydrogens is 530 g/mol. The average Bonchev–Trinajstić information content (AvgIpc) is 3.55. The summed E-state index contributed by atoms with van der Waals surface area (Å²) in [5.41, 5.74) is 2.73. The van der Waals surface area contributed by atoms with E-state index in [0.29, 0.717) is 34.3 Å². The summed E-state index contributed by atoms with van der Waals surface area (Å²) in [6, 6.07) is 6.78. The number of benzene rings is 1. The van der Waals surface area contributed by atoms with Crippen molar-refractivity contribution in [1.29, 1.82) is 0 Å². The van der Waals surface area contributed by atoms with Crippen LogP contribution in [-0.2, 0) is 9.53 Å². The largest absolute Gasteiger partial charge is 0.490 e. The third-order valence-electron chi connectivity index (χ3n) is 7.68. The summed E-state index contributed by atoms with van der Waals surface area (Å²) in [4.78, 5) is 46.0. The number of carbonyl (C=O) groups is 3. The lowest BCUT2D eigenvalue weighted by Gasteiger charge is -2.30. The molecule has 3 aliphatic rings. The number of hydrogen-bond acceptors (Lipinski definition) is 7. The van der Waals surface area contributed by atoms with Crippen molar-refractivity contribution in [3.8, 4) is 5.75 Å². The molecule has 40 heavy (non-hydrogen) atoms. The number of aryl methyl sites for hydroxylation is 1. The lowest BCUT2D eigenvalue weighted by atomic mass is 10.1. The minimum absolute atomic E-state index is 0.118. The summed E-state index contributed by atoms with van der Waals surface area (Å²) >= 11 is 1.24. The van der Waals surface area contributed by atoms with Crippen molar-refractivity contribution in [2.45, 2.75) is 57.2 Å². The zero-order chi connectivity index (χ0) is 27.8. The third kappa shape index (κ3) is 4.90. The molecule has 1 saturated carbocycles. The van der Waals surface area contributed by atoms with Crippen LogP contribution in [0.5, 0.6) is 5.75 Å². The van der Waals surface area contributed by atoms with Gasteiger partial charge in [-0.15, -0.1) is 11.3 Å². The zero-order valence-electron chi connectivity index (χ0n) is 22.2. The molecule has 2 aliphatic heterocycles. The summed E-state index contributed by atoms with van der Waals surface area (Å²) in [5.74, 6) is 0.200. The van der Waals surface area contributed by atoms with E-state index in [2.05, 4.69) is 27.5 Å². The molecule has 2 atom stereocenters. The number of amides is 4. The van der Waals surface area contributed by atoms with Crippen LogP contribution in [0.4, 0.5) is 21.9 Å². The fourth-order valence-electron chi connectivity index (χ4n) is 5.70. The highest BCUT2D eigenvalue weighted by atomic mass is 32.1. The molecule has 2 aromatic heterocycles. The lowest BCUT2D eigenvalue weighted by molar-refractivity contribution is -0.117. The van der Waals surface area contributed by atoms with Crippen molar-refractivity contribution in [2.24, 2.45) is 0 Å². The van der Waals surface area contributed by atoms with E-state index in [1.165, 1.54) is 17.4 Å². The first kappa shape index (κ1) is 26.3. The summed E-state index contributed by atoms with van der Waals surface area (Å²) in [5, 5.41) is 9.65. The van der Waals surface area contributed by atoms with Gasteiger partial charge in [0.25, 0.3) is 5.91 Å². The van der Waals surface area contributed by atoms with E-state index in [9.17, 15) is 14.4 Å². The molecular formula is C29H31N5O5S. The fraction of sp³-hybridized carbons (Fsp3) is 0.379. The molecule has 10 nitrogen and oxygen atoms in total. The molecule has 4 heterocycles. The third-order valence-corrected chi connectivity index (χ3v) is 8.77. The van der Waals surface area contributed by atoms with Crippen molar-refractivity contribution in [1.82, 2.24) is 15.6 Å². The van der Waals surface area contributed by atoms with E-state index in [-0.39, 0.29) is 36.0 Å². The second kappa shape index (κ2) is 10.9. The highest BCUT2D eigenvalue weighted by Crippen LogP contribution is 2.46. The Bertz CT molecular complexity index is 1500. The number of anilines is 3. The van der Waals surface area contributed by atoms with Crippen LogP contribution in [0.1, 0.15) is 47.3 Å². The van der Waals surface area contributed by atoms with Gasteiger partial charge in [-0.25, -0.2) is 9.78 Å². The van der Waals surface area contributed by atoms with E-state index in [4.69, 9.17) is 9.47 Å². The first-order valence-corrected chi connectivity index (χ1v) is 14.4. The zero-order valence-corrected chi connectivity index (χ0v) is 23.0. The Hall–Kier alpha value is -3.96. The molecule has 6 rings (SSSR count). The number of urea groups is 1. The summed E-state index contributed by atoms with van der Waals surface area (Å²) in [7, 11) is 0. The lowest BCUT2D eigenvalue weighted by Crippen LogP contribution is -2.48. The highest BCUT2D eigenvalue weighted by Gasteiger charge is 2.35. The molecule has 0 radical (unpaired) electrons. The van der Waals surface area contributed by atoms with Crippen LogP contribution in [0.3, 0.4) is 0 Å². The van der Waals surface area contributed by atoms with Gasteiger partial charge in [-0.2, -0.15) is 0 Å². The van der Waals surface area contributed by atoms with Gasteiger partial charge in [-0.05, 0) is 62.1 Å². The topological polar surface area (TPSA) is 122 Å². The minimum Gasteiger partial charge on any atom is -0.490 e. The molecule has 1 aliphatic carbocycles. The highest BCUT2D eigenvalue weighted by molar-refractivity contribution is 7.21. The number of ether oxygens (including phenoxy) is 2. The Labute approximate surface area is 235 Å². The molecule has 4 amide bonds. The van der Waals surface area contributed by atoms with Gasteiger partial charge in [0, 0.05) is 31.1 Å². The number of nitrogens with one attached hydrogen (secondary N) is 3. The molecule has 0 bridgehead atoms. The maximum Gasteiger partial charge on any atom is 0.331 e. The average molecular weight is 562 g/mol. The van der Waals surface area contributed by atoms with Crippen LogP contribution in [0, 0.1) is 6.92 Å². The predicted octanol–water partition coefficient (Wildman–Crippen LogP) is 4.80. The van der Waals surface area contributed by atoms with Crippen LogP contribution >= 0.6 is 11.3 Å². The second-order valence-electron chi connectivity index (χ2n) is 10.3. The van der Waals surface area contributed by atoms with E-state index >= 15 is 0 Å². The van der Waals surface area contributed by atoms with Crippen molar-refractivity contribution in [3.63, 3.8) is 0 Å². The maximum atomic E-state index is 13.5. The van der Waals surface area contributed by atoms with Crippen LogP contribution < -0.4 is 25.6 Å². The minimum atomic E-state index is -0.356. The predicted molar refractivity (Wildman–Crippen MR) is 154 cm³/mol. The number of nitrogens with zero attached hydrogens (tertiary/aromatic N) is 2. The molecule has 1 saturated heterocycles. The van der Waals surface area contributed by atoms with Gasteiger partial charge in [-0.1, -0.05) is 6.58 Å². The maximum absolute atomic E-state index is 13.5. The quantitative estimate of drug-likeness (QED) is 0.356. The van der Waals surface area contributed by atoms with Gasteiger partial charge in [-0.3, -0.25) is 14.5 Å². The van der Waals surface area contributed by atoms with Crippen LogP contribution in [0.15, 0.2) is 43.1 Å². The Morgan fingerprint density at radius 2 is 1.93 bits per heavy atom. The Morgan fingerprint density at radius 3 is 2.67 bits per heavy atom. The van der Waals surface area contributed by atoms with Gasteiger partial charge < -0.3 is 25.4 Å². The van der Waals surface area contributed by atoms with Gasteiger partial charge in [0.15, 0.2) is 0 Å². The second-order valence-corrected chi connectivity index (χ2v) is 11.3. The normalized spacial score (nSPS) is 20.7. The van der Waals surface area contributed by atoms with Crippen LogP contribution in [0.25, 0.3) is 10.2 Å². The van der Waals surface area contributed by atoms with Gasteiger partial charge >= 0.3 is 6.03 Å². The summed E-state index contributed by atoms with van der Waals surface area (Å²) < 4.78 is 11.6. The molecule has 2 fully saturated rings. The smallest absolute Gasteiger partial charge is 0.331 e. The van der Waals surface area contributed by atoms with Gasteiger partial charge in [0.2, 0.25) is 5.91 Å². The number of thiophene rings is 1. The Morgan fingerprint density at radius 1 is 1.15 bits per heavy atom. The first-order chi connectivity index (χ1) is 19.4.